The van der Waals surface area contributed by atoms with Gasteiger partial charge in [-0.05, 0) is 54.9 Å². The molecule has 0 bridgehead atoms. The summed E-state index contributed by atoms with van der Waals surface area (Å²) in [5, 5.41) is 0. The van der Waals surface area contributed by atoms with E-state index in [4.69, 9.17) is 5.73 Å². The van der Waals surface area contributed by atoms with Crippen LogP contribution in [0.25, 0.3) is 0 Å². The van der Waals surface area contributed by atoms with Crippen LogP contribution in [-0.4, -0.2) is 15.0 Å². The Morgan fingerprint density at radius 2 is 2.05 bits per heavy atom. The molecule has 4 nitrogen and oxygen atoms in total. The van der Waals surface area contributed by atoms with Gasteiger partial charge in [-0.2, -0.15) is 0 Å². The van der Waals surface area contributed by atoms with Crippen LogP contribution in [0.15, 0.2) is 21.5 Å². The maximum Gasteiger partial charge on any atom is 0.240 e. The Hall–Kier alpha value is -0.430. The fourth-order valence-electron chi connectivity index (χ4n) is 2.76. The van der Waals surface area contributed by atoms with Crippen LogP contribution >= 0.6 is 15.9 Å². The molecule has 2 rings (SSSR count). The first-order valence-electron chi connectivity index (χ1n) is 7.32. The lowest BCUT2D eigenvalue weighted by atomic mass is 9.67. The van der Waals surface area contributed by atoms with Gasteiger partial charge >= 0.3 is 0 Å². The fraction of sp³-hybridized carbons (Fsp3) is 0.600. The minimum atomic E-state index is -3.50. The standard InChI is InChI=1S/C15H23BrN2O2S/c1-3-15(5-4-6-15)10-18-21(19,20)14-8-12(9-17)7-13(16)11(14)2/h7-8,18H,3-6,9-10,17H2,1-2H3. The largest absolute Gasteiger partial charge is 0.326 e. The van der Waals surface area contributed by atoms with E-state index in [-0.39, 0.29) is 5.41 Å². The Morgan fingerprint density at radius 1 is 1.38 bits per heavy atom. The molecule has 0 atom stereocenters. The lowest BCUT2D eigenvalue weighted by Gasteiger charge is -2.41. The molecule has 1 aliphatic carbocycles. The summed E-state index contributed by atoms with van der Waals surface area (Å²) in [6.45, 7) is 4.78. The minimum Gasteiger partial charge on any atom is -0.326 e. The van der Waals surface area contributed by atoms with Crippen molar-refractivity contribution in [3.05, 3.63) is 27.7 Å². The van der Waals surface area contributed by atoms with E-state index in [1.165, 1.54) is 6.42 Å². The Balaban J connectivity index is 2.25. The molecular weight excluding hydrogens is 352 g/mol. The highest BCUT2D eigenvalue weighted by molar-refractivity contribution is 9.10. The number of hydrogen-bond acceptors (Lipinski definition) is 3. The van der Waals surface area contributed by atoms with E-state index in [0.717, 1.165) is 34.9 Å². The molecule has 1 aromatic carbocycles. The molecule has 1 aliphatic rings. The summed E-state index contributed by atoms with van der Waals surface area (Å²) in [6, 6.07) is 3.54. The average molecular weight is 375 g/mol. The van der Waals surface area contributed by atoms with Gasteiger partial charge in [-0.15, -0.1) is 0 Å². The maximum absolute atomic E-state index is 12.6. The first kappa shape index (κ1) is 16.9. The van der Waals surface area contributed by atoms with Crippen molar-refractivity contribution in [3.63, 3.8) is 0 Å². The Bertz CT molecular complexity index is 619. The summed E-state index contributed by atoms with van der Waals surface area (Å²) in [5.41, 5.74) is 7.33. The van der Waals surface area contributed by atoms with Gasteiger partial charge in [-0.25, -0.2) is 13.1 Å². The average Bonchev–Trinajstić information content (AvgIpc) is 2.40. The van der Waals surface area contributed by atoms with E-state index in [1.54, 1.807) is 13.0 Å². The molecule has 3 N–H and O–H groups in total. The number of sulfonamides is 1. The van der Waals surface area contributed by atoms with Gasteiger partial charge in [0.05, 0.1) is 4.90 Å². The van der Waals surface area contributed by atoms with Crippen molar-refractivity contribution < 1.29 is 8.42 Å². The van der Waals surface area contributed by atoms with Crippen LogP contribution in [0.4, 0.5) is 0 Å². The molecule has 0 heterocycles. The number of hydrogen-bond donors (Lipinski definition) is 2. The van der Waals surface area contributed by atoms with Crippen LogP contribution in [0.2, 0.25) is 0 Å². The highest BCUT2D eigenvalue weighted by atomic mass is 79.9. The third kappa shape index (κ3) is 3.50. The summed E-state index contributed by atoms with van der Waals surface area (Å²) in [7, 11) is -3.50. The van der Waals surface area contributed by atoms with Crippen molar-refractivity contribution in [2.24, 2.45) is 11.1 Å². The Kier molecular flexibility index (Phi) is 5.13. The van der Waals surface area contributed by atoms with E-state index >= 15 is 0 Å². The van der Waals surface area contributed by atoms with E-state index in [0.29, 0.717) is 18.0 Å². The minimum absolute atomic E-state index is 0.156. The monoisotopic (exact) mass is 374 g/mol. The normalized spacial score (nSPS) is 17.5. The SMILES string of the molecule is CCC1(CNS(=O)(=O)c2cc(CN)cc(Br)c2C)CCC1. The molecule has 1 saturated carbocycles. The first-order valence-corrected chi connectivity index (χ1v) is 9.60. The molecule has 118 valence electrons. The summed E-state index contributed by atoms with van der Waals surface area (Å²) in [6.07, 6.45) is 4.43. The molecule has 0 aliphatic heterocycles. The lowest BCUT2D eigenvalue weighted by Crippen LogP contribution is -2.41. The van der Waals surface area contributed by atoms with Crippen molar-refractivity contribution in [2.75, 3.05) is 6.54 Å². The van der Waals surface area contributed by atoms with Crippen LogP contribution in [0, 0.1) is 12.3 Å². The van der Waals surface area contributed by atoms with E-state index in [9.17, 15) is 8.42 Å². The predicted octanol–water partition coefficient (Wildman–Crippen LogP) is 3.07. The van der Waals surface area contributed by atoms with Gasteiger partial charge in [0.25, 0.3) is 0 Å². The molecule has 0 aromatic heterocycles. The molecule has 1 fully saturated rings. The van der Waals surface area contributed by atoms with E-state index in [1.807, 2.05) is 6.07 Å². The van der Waals surface area contributed by atoms with Gasteiger partial charge in [0, 0.05) is 17.6 Å². The van der Waals surface area contributed by atoms with Crippen molar-refractivity contribution in [1.29, 1.82) is 0 Å². The second kappa shape index (κ2) is 6.36. The van der Waals surface area contributed by atoms with E-state index in [2.05, 4.69) is 27.6 Å². The third-order valence-electron chi connectivity index (χ3n) is 4.68. The number of nitrogens with one attached hydrogen (secondary N) is 1. The first-order chi connectivity index (χ1) is 9.83. The van der Waals surface area contributed by atoms with Crippen molar-refractivity contribution in [1.82, 2.24) is 4.72 Å². The predicted molar refractivity (Wildman–Crippen MR) is 88.5 cm³/mol. The second-order valence-corrected chi connectivity index (χ2v) is 8.53. The number of nitrogens with two attached hydrogens (primary N) is 1. The molecule has 0 unspecified atom stereocenters. The Morgan fingerprint density at radius 3 is 2.52 bits per heavy atom. The Labute approximate surface area is 135 Å². The molecule has 21 heavy (non-hydrogen) atoms. The summed E-state index contributed by atoms with van der Waals surface area (Å²) in [4.78, 5) is 0.322. The summed E-state index contributed by atoms with van der Waals surface area (Å²) >= 11 is 3.41. The summed E-state index contributed by atoms with van der Waals surface area (Å²) < 4.78 is 28.8. The van der Waals surface area contributed by atoms with Crippen LogP contribution in [0.5, 0.6) is 0 Å². The smallest absolute Gasteiger partial charge is 0.240 e. The molecule has 0 spiro atoms. The van der Waals surface area contributed by atoms with Gasteiger partial charge in [0.1, 0.15) is 0 Å². The number of rotatable bonds is 6. The molecule has 1 aromatic rings. The quantitative estimate of drug-likeness (QED) is 0.803. The van der Waals surface area contributed by atoms with Gasteiger partial charge in [0.2, 0.25) is 10.0 Å². The second-order valence-electron chi connectivity index (χ2n) is 5.94. The van der Waals surface area contributed by atoms with Crippen LogP contribution in [0.1, 0.15) is 43.7 Å². The van der Waals surface area contributed by atoms with Gasteiger partial charge in [-0.3, -0.25) is 0 Å². The molecule has 0 amide bonds. The third-order valence-corrected chi connectivity index (χ3v) is 7.03. The molecule has 0 saturated heterocycles. The van der Waals surface area contributed by atoms with Crippen LogP contribution in [0.3, 0.4) is 0 Å². The zero-order chi connectivity index (χ0) is 15.7. The molecular formula is C15H23BrN2O2S. The molecule has 0 radical (unpaired) electrons. The van der Waals surface area contributed by atoms with Crippen LogP contribution < -0.4 is 10.5 Å². The van der Waals surface area contributed by atoms with Gasteiger partial charge in [0.15, 0.2) is 0 Å². The van der Waals surface area contributed by atoms with Crippen LogP contribution in [-0.2, 0) is 16.6 Å². The molecule has 6 heteroatoms. The summed E-state index contributed by atoms with van der Waals surface area (Å²) in [5.74, 6) is 0. The van der Waals surface area contributed by atoms with E-state index < -0.39 is 10.0 Å². The fourth-order valence-corrected chi connectivity index (χ4v) is 4.87. The zero-order valence-electron chi connectivity index (χ0n) is 12.6. The number of benzene rings is 1. The number of halogens is 1. The topological polar surface area (TPSA) is 72.2 Å². The van der Waals surface area contributed by atoms with Crippen molar-refractivity contribution in [2.45, 2.75) is 51.0 Å². The van der Waals surface area contributed by atoms with Gasteiger partial charge in [-0.1, -0.05) is 29.3 Å². The van der Waals surface area contributed by atoms with Gasteiger partial charge < -0.3 is 5.73 Å². The lowest BCUT2D eigenvalue weighted by molar-refractivity contribution is 0.133. The highest BCUT2D eigenvalue weighted by Gasteiger charge is 2.36. The zero-order valence-corrected chi connectivity index (χ0v) is 15.0. The highest BCUT2D eigenvalue weighted by Crippen LogP contribution is 2.43. The maximum atomic E-state index is 12.6. The van der Waals surface area contributed by atoms with Crippen molar-refractivity contribution >= 4 is 26.0 Å². The van der Waals surface area contributed by atoms with Crippen molar-refractivity contribution in [3.8, 4) is 0 Å².